The molecule has 1 aromatic rings. The summed E-state index contributed by atoms with van der Waals surface area (Å²) in [6, 6.07) is 4.82. The van der Waals surface area contributed by atoms with Crippen molar-refractivity contribution in [2.24, 2.45) is 5.73 Å². The first-order chi connectivity index (χ1) is 6.20. The quantitative estimate of drug-likeness (QED) is 0.693. The molecule has 0 saturated carbocycles. The Morgan fingerprint density at radius 3 is 2.85 bits per heavy atom. The van der Waals surface area contributed by atoms with E-state index >= 15 is 0 Å². The zero-order valence-electron chi connectivity index (χ0n) is 7.53. The minimum absolute atomic E-state index is 0.0809. The van der Waals surface area contributed by atoms with Gasteiger partial charge in [-0.05, 0) is 6.07 Å². The van der Waals surface area contributed by atoms with Crippen LogP contribution >= 0.6 is 0 Å². The van der Waals surface area contributed by atoms with Crippen molar-refractivity contribution in [3.63, 3.8) is 0 Å². The molecule has 0 aliphatic heterocycles. The van der Waals surface area contributed by atoms with Crippen molar-refractivity contribution in [2.75, 3.05) is 7.11 Å². The van der Waals surface area contributed by atoms with Crippen LogP contribution in [0.1, 0.15) is 11.6 Å². The summed E-state index contributed by atoms with van der Waals surface area (Å²) in [7, 11) is 1.50. The first-order valence-electron chi connectivity index (χ1n) is 3.94. The predicted octanol–water partition coefficient (Wildman–Crippen LogP) is 1.59. The SMILES string of the molecule is C=C[C@H](N)c1cccc(OC)c1O. The molecule has 13 heavy (non-hydrogen) atoms. The van der Waals surface area contributed by atoms with Crippen molar-refractivity contribution in [3.8, 4) is 11.5 Å². The van der Waals surface area contributed by atoms with Gasteiger partial charge in [0, 0.05) is 5.56 Å². The van der Waals surface area contributed by atoms with E-state index in [1.807, 2.05) is 0 Å². The number of ether oxygens (including phenoxy) is 1. The average Bonchev–Trinajstić information content (AvgIpc) is 2.17. The number of aromatic hydroxyl groups is 1. The molecule has 0 aliphatic rings. The smallest absolute Gasteiger partial charge is 0.162 e. The van der Waals surface area contributed by atoms with E-state index in [1.54, 1.807) is 24.3 Å². The Morgan fingerprint density at radius 1 is 1.62 bits per heavy atom. The third kappa shape index (κ3) is 1.81. The number of hydrogen-bond acceptors (Lipinski definition) is 3. The van der Waals surface area contributed by atoms with E-state index in [0.29, 0.717) is 11.3 Å². The van der Waals surface area contributed by atoms with Crippen molar-refractivity contribution in [2.45, 2.75) is 6.04 Å². The van der Waals surface area contributed by atoms with Crippen LogP contribution in [0.4, 0.5) is 0 Å². The predicted molar refractivity (Wildman–Crippen MR) is 51.8 cm³/mol. The summed E-state index contributed by atoms with van der Waals surface area (Å²) < 4.78 is 4.94. The second-order valence-electron chi connectivity index (χ2n) is 2.66. The van der Waals surface area contributed by atoms with Crippen LogP contribution < -0.4 is 10.5 Å². The van der Waals surface area contributed by atoms with Crippen LogP contribution in [0.3, 0.4) is 0 Å². The molecule has 0 heterocycles. The van der Waals surface area contributed by atoms with Crippen molar-refractivity contribution in [1.82, 2.24) is 0 Å². The van der Waals surface area contributed by atoms with E-state index in [0.717, 1.165) is 0 Å². The van der Waals surface area contributed by atoms with Gasteiger partial charge in [0.05, 0.1) is 13.2 Å². The topological polar surface area (TPSA) is 55.5 Å². The summed E-state index contributed by atoms with van der Waals surface area (Å²) in [6.45, 7) is 3.56. The van der Waals surface area contributed by atoms with Gasteiger partial charge in [-0.15, -0.1) is 6.58 Å². The lowest BCUT2D eigenvalue weighted by Crippen LogP contribution is -2.06. The normalized spacial score (nSPS) is 12.2. The van der Waals surface area contributed by atoms with E-state index in [-0.39, 0.29) is 11.8 Å². The standard InChI is InChI=1S/C10H13NO2/c1-3-8(11)7-5-4-6-9(13-2)10(7)12/h3-6,8,12H,1,11H2,2H3/t8-/m0/s1. The fourth-order valence-electron chi connectivity index (χ4n) is 1.10. The summed E-state index contributed by atoms with van der Waals surface area (Å²) in [5, 5.41) is 9.64. The molecule has 0 saturated heterocycles. The van der Waals surface area contributed by atoms with Gasteiger partial charge >= 0.3 is 0 Å². The minimum Gasteiger partial charge on any atom is -0.504 e. The molecular weight excluding hydrogens is 166 g/mol. The Hall–Kier alpha value is -1.48. The van der Waals surface area contributed by atoms with E-state index in [9.17, 15) is 5.11 Å². The maximum Gasteiger partial charge on any atom is 0.162 e. The van der Waals surface area contributed by atoms with Gasteiger partial charge in [-0.3, -0.25) is 0 Å². The van der Waals surface area contributed by atoms with Crippen LogP contribution in [0.15, 0.2) is 30.9 Å². The van der Waals surface area contributed by atoms with Crippen molar-refractivity contribution < 1.29 is 9.84 Å². The molecule has 0 fully saturated rings. The highest BCUT2D eigenvalue weighted by Crippen LogP contribution is 2.32. The Balaban J connectivity index is 3.14. The van der Waals surface area contributed by atoms with Gasteiger partial charge in [-0.25, -0.2) is 0 Å². The summed E-state index contributed by atoms with van der Waals surface area (Å²) >= 11 is 0. The van der Waals surface area contributed by atoms with Gasteiger partial charge in [-0.1, -0.05) is 18.2 Å². The highest BCUT2D eigenvalue weighted by atomic mass is 16.5. The highest BCUT2D eigenvalue weighted by Gasteiger charge is 2.10. The van der Waals surface area contributed by atoms with Crippen molar-refractivity contribution >= 4 is 0 Å². The molecule has 0 unspecified atom stereocenters. The number of para-hydroxylation sites is 1. The molecule has 1 atom stereocenters. The van der Waals surface area contributed by atoms with Crippen LogP contribution in [0, 0.1) is 0 Å². The van der Waals surface area contributed by atoms with E-state index < -0.39 is 0 Å². The van der Waals surface area contributed by atoms with E-state index in [4.69, 9.17) is 10.5 Å². The molecule has 0 spiro atoms. The molecule has 1 rings (SSSR count). The maximum atomic E-state index is 9.64. The number of nitrogens with two attached hydrogens (primary N) is 1. The van der Waals surface area contributed by atoms with Gasteiger partial charge in [0.1, 0.15) is 0 Å². The lowest BCUT2D eigenvalue weighted by atomic mass is 10.1. The molecule has 3 nitrogen and oxygen atoms in total. The van der Waals surface area contributed by atoms with Crippen molar-refractivity contribution in [3.05, 3.63) is 36.4 Å². The summed E-state index contributed by atoms with van der Waals surface area (Å²) in [4.78, 5) is 0. The van der Waals surface area contributed by atoms with Gasteiger partial charge in [0.15, 0.2) is 11.5 Å². The largest absolute Gasteiger partial charge is 0.504 e. The molecule has 3 N–H and O–H groups in total. The first-order valence-corrected chi connectivity index (χ1v) is 3.94. The number of benzene rings is 1. The monoisotopic (exact) mass is 179 g/mol. The lowest BCUT2D eigenvalue weighted by molar-refractivity contribution is 0.370. The summed E-state index contributed by atoms with van der Waals surface area (Å²) in [5.41, 5.74) is 6.30. The second kappa shape index (κ2) is 3.96. The van der Waals surface area contributed by atoms with Crippen LogP contribution in [0.25, 0.3) is 0 Å². The number of methoxy groups -OCH3 is 1. The average molecular weight is 179 g/mol. The number of phenols is 1. The maximum absolute atomic E-state index is 9.64. The third-order valence-electron chi connectivity index (χ3n) is 1.86. The third-order valence-corrected chi connectivity index (χ3v) is 1.86. The molecule has 0 aliphatic carbocycles. The molecular formula is C10H13NO2. The molecule has 70 valence electrons. The Morgan fingerprint density at radius 2 is 2.31 bits per heavy atom. The van der Waals surface area contributed by atoms with Crippen LogP contribution in [0.2, 0.25) is 0 Å². The molecule has 0 radical (unpaired) electrons. The second-order valence-corrected chi connectivity index (χ2v) is 2.66. The molecule has 0 aromatic heterocycles. The van der Waals surface area contributed by atoms with Gasteiger partial charge in [0.25, 0.3) is 0 Å². The highest BCUT2D eigenvalue weighted by molar-refractivity contribution is 5.47. The van der Waals surface area contributed by atoms with Gasteiger partial charge in [0.2, 0.25) is 0 Å². The zero-order chi connectivity index (χ0) is 9.84. The molecule has 0 amide bonds. The van der Waals surface area contributed by atoms with Gasteiger partial charge < -0.3 is 15.6 Å². The van der Waals surface area contributed by atoms with Crippen molar-refractivity contribution in [1.29, 1.82) is 0 Å². The van der Waals surface area contributed by atoms with Crippen LogP contribution in [-0.2, 0) is 0 Å². The number of hydrogen-bond donors (Lipinski definition) is 2. The Kier molecular flexibility index (Phi) is 2.93. The lowest BCUT2D eigenvalue weighted by Gasteiger charge is -2.11. The number of phenolic OH excluding ortho intramolecular Hbond substituents is 1. The van der Waals surface area contributed by atoms with E-state index in [1.165, 1.54) is 7.11 Å². The zero-order valence-corrected chi connectivity index (χ0v) is 7.53. The van der Waals surface area contributed by atoms with Crippen LogP contribution in [0.5, 0.6) is 11.5 Å². The van der Waals surface area contributed by atoms with E-state index in [2.05, 4.69) is 6.58 Å². The Bertz CT molecular complexity index is 310. The molecule has 0 bridgehead atoms. The minimum atomic E-state index is -0.366. The number of rotatable bonds is 3. The van der Waals surface area contributed by atoms with Crippen LogP contribution in [-0.4, -0.2) is 12.2 Å². The molecule has 3 heteroatoms. The summed E-state index contributed by atoms with van der Waals surface area (Å²) in [5.74, 6) is 0.507. The fraction of sp³-hybridized carbons (Fsp3) is 0.200. The fourth-order valence-corrected chi connectivity index (χ4v) is 1.10. The Labute approximate surface area is 77.4 Å². The van der Waals surface area contributed by atoms with Gasteiger partial charge in [-0.2, -0.15) is 0 Å². The first kappa shape index (κ1) is 9.61. The molecule has 1 aromatic carbocycles. The summed E-state index contributed by atoms with van der Waals surface area (Å²) in [6.07, 6.45) is 1.56.